The van der Waals surface area contributed by atoms with Gasteiger partial charge in [-0.1, -0.05) is 31.5 Å². The van der Waals surface area contributed by atoms with E-state index in [9.17, 15) is 4.39 Å². The van der Waals surface area contributed by atoms with Crippen LogP contribution in [0, 0.1) is 5.82 Å². The van der Waals surface area contributed by atoms with Gasteiger partial charge in [-0.3, -0.25) is 0 Å². The van der Waals surface area contributed by atoms with Crippen molar-refractivity contribution in [2.75, 3.05) is 0 Å². The van der Waals surface area contributed by atoms with Gasteiger partial charge >= 0.3 is 0 Å². The van der Waals surface area contributed by atoms with Crippen LogP contribution in [0.2, 0.25) is 5.02 Å². The summed E-state index contributed by atoms with van der Waals surface area (Å²) in [7, 11) is 0. The molecule has 0 saturated heterocycles. The number of benzene rings is 1. The van der Waals surface area contributed by atoms with Crippen molar-refractivity contribution in [1.29, 1.82) is 0 Å². The van der Waals surface area contributed by atoms with Gasteiger partial charge in [0.2, 0.25) is 0 Å². The number of rotatable bonds is 2. The molecule has 0 amide bonds. The van der Waals surface area contributed by atoms with E-state index in [0.717, 1.165) is 12.0 Å². The van der Waals surface area contributed by atoms with Gasteiger partial charge in [0.1, 0.15) is 5.82 Å². The van der Waals surface area contributed by atoms with Crippen molar-refractivity contribution in [3.05, 3.63) is 34.6 Å². The molecule has 12 heavy (non-hydrogen) atoms. The maximum atomic E-state index is 13.2. The fourth-order valence-corrected chi connectivity index (χ4v) is 1.28. The van der Waals surface area contributed by atoms with Gasteiger partial charge in [0.25, 0.3) is 0 Å². The van der Waals surface area contributed by atoms with Gasteiger partial charge in [0, 0.05) is 5.02 Å². The molecule has 0 bridgehead atoms. The molecule has 0 aliphatic rings. The zero-order valence-corrected chi connectivity index (χ0v) is 8.03. The van der Waals surface area contributed by atoms with Crippen LogP contribution in [0.4, 0.5) is 4.39 Å². The van der Waals surface area contributed by atoms with E-state index in [1.807, 2.05) is 13.8 Å². The minimum atomic E-state index is -0.197. The summed E-state index contributed by atoms with van der Waals surface area (Å²) in [5.41, 5.74) is 0.752. The van der Waals surface area contributed by atoms with E-state index in [0.29, 0.717) is 5.02 Å². The minimum Gasteiger partial charge on any atom is -0.207 e. The standard InChI is InChI=1S/C10H12ClF/c1-3-7(2)9-5-4-8(11)6-10(9)12/h4-7H,3H2,1-2H3. The normalized spacial score (nSPS) is 13.0. The highest BCUT2D eigenvalue weighted by molar-refractivity contribution is 6.30. The third-order valence-corrected chi connectivity index (χ3v) is 2.34. The van der Waals surface area contributed by atoms with Gasteiger partial charge in [0.05, 0.1) is 0 Å². The number of halogens is 2. The molecule has 1 aromatic rings. The number of hydrogen-bond donors (Lipinski definition) is 0. The molecular weight excluding hydrogens is 175 g/mol. The first-order valence-electron chi connectivity index (χ1n) is 4.10. The summed E-state index contributed by atoms with van der Waals surface area (Å²) >= 11 is 5.62. The molecule has 0 saturated carbocycles. The maximum Gasteiger partial charge on any atom is 0.128 e. The van der Waals surface area contributed by atoms with Gasteiger partial charge in [-0.25, -0.2) is 4.39 Å². The average molecular weight is 187 g/mol. The van der Waals surface area contributed by atoms with E-state index >= 15 is 0 Å². The van der Waals surface area contributed by atoms with Crippen LogP contribution in [0.25, 0.3) is 0 Å². The van der Waals surface area contributed by atoms with E-state index < -0.39 is 0 Å². The predicted octanol–water partition coefficient (Wildman–Crippen LogP) is 3.99. The first-order valence-corrected chi connectivity index (χ1v) is 4.48. The quantitative estimate of drug-likeness (QED) is 0.655. The van der Waals surface area contributed by atoms with Crippen molar-refractivity contribution >= 4 is 11.6 Å². The molecule has 0 spiro atoms. The van der Waals surface area contributed by atoms with Crippen LogP contribution in [0.3, 0.4) is 0 Å². The first-order chi connectivity index (χ1) is 5.65. The molecule has 1 aromatic carbocycles. The zero-order valence-electron chi connectivity index (χ0n) is 7.27. The molecule has 0 fully saturated rings. The molecule has 1 unspecified atom stereocenters. The SMILES string of the molecule is CCC(C)c1ccc(Cl)cc1F. The topological polar surface area (TPSA) is 0 Å². The van der Waals surface area contributed by atoms with E-state index in [1.165, 1.54) is 6.07 Å². The van der Waals surface area contributed by atoms with Crippen molar-refractivity contribution in [2.24, 2.45) is 0 Å². The summed E-state index contributed by atoms with van der Waals surface area (Å²) in [6.07, 6.45) is 0.943. The number of hydrogen-bond acceptors (Lipinski definition) is 0. The van der Waals surface area contributed by atoms with Crippen molar-refractivity contribution < 1.29 is 4.39 Å². The Morgan fingerprint density at radius 1 is 1.50 bits per heavy atom. The molecule has 66 valence electrons. The highest BCUT2D eigenvalue weighted by atomic mass is 35.5. The van der Waals surface area contributed by atoms with Crippen molar-refractivity contribution in [2.45, 2.75) is 26.2 Å². The van der Waals surface area contributed by atoms with Gasteiger partial charge in [-0.2, -0.15) is 0 Å². The molecule has 0 aromatic heterocycles. The Bertz CT molecular complexity index is 271. The molecule has 0 aliphatic heterocycles. The molecule has 1 rings (SSSR count). The second kappa shape index (κ2) is 3.90. The Morgan fingerprint density at radius 2 is 2.17 bits per heavy atom. The molecule has 0 aliphatic carbocycles. The third kappa shape index (κ3) is 1.98. The van der Waals surface area contributed by atoms with E-state index in [-0.39, 0.29) is 11.7 Å². The lowest BCUT2D eigenvalue weighted by Crippen LogP contribution is -1.95. The fraction of sp³-hybridized carbons (Fsp3) is 0.400. The van der Waals surface area contributed by atoms with Crippen LogP contribution in [-0.2, 0) is 0 Å². The van der Waals surface area contributed by atoms with Crippen molar-refractivity contribution in [3.63, 3.8) is 0 Å². The van der Waals surface area contributed by atoms with Crippen molar-refractivity contribution in [1.82, 2.24) is 0 Å². The third-order valence-electron chi connectivity index (χ3n) is 2.11. The molecule has 0 radical (unpaired) electrons. The highest BCUT2D eigenvalue weighted by Crippen LogP contribution is 2.23. The lowest BCUT2D eigenvalue weighted by Gasteiger charge is -2.09. The molecular formula is C10H12ClF. The summed E-state index contributed by atoms with van der Waals surface area (Å²) < 4.78 is 13.2. The minimum absolute atomic E-state index is 0.197. The summed E-state index contributed by atoms with van der Waals surface area (Å²) in [4.78, 5) is 0. The van der Waals surface area contributed by atoms with Crippen LogP contribution in [0.15, 0.2) is 18.2 Å². The zero-order chi connectivity index (χ0) is 9.14. The van der Waals surface area contributed by atoms with Crippen LogP contribution >= 0.6 is 11.6 Å². The Labute approximate surface area is 77.4 Å². The maximum absolute atomic E-state index is 13.2. The average Bonchev–Trinajstić information content (AvgIpc) is 2.03. The van der Waals surface area contributed by atoms with E-state index in [1.54, 1.807) is 12.1 Å². The molecule has 0 nitrogen and oxygen atoms in total. The van der Waals surface area contributed by atoms with E-state index in [2.05, 4.69) is 0 Å². The van der Waals surface area contributed by atoms with Gasteiger partial charge in [-0.05, 0) is 30.0 Å². The predicted molar refractivity (Wildman–Crippen MR) is 50.1 cm³/mol. The highest BCUT2D eigenvalue weighted by Gasteiger charge is 2.08. The second-order valence-electron chi connectivity index (χ2n) is 2.98. The smallest absolute Gasteiger partial charge is 0.128 e. The summed E-state index contributed by atoms with van der Waals surface area (Å²) in [5, 5.41) is 0.458. The van der Waals surface area contributed by atoms with Gasteiger partial charge in [-0.15, -0.1) is 0 Å². The molecule has 2 heteroatoms. The second-order valence-corrected chi connectivity index (χ2v) is 3.41. The monoisotopic (exact) mass is 186 g/mol. The Morgan fingerprint density at radius 3 is 2.67 bits per heavy atom. The Balaban J connectivity index is 3.01. The lowest BCUT2D eigenvalue weighted by molar-refractivity contribution is 0.584. The first kappa shape index (κ1) is 9.53. The molecule has 0 N–H and O–H groups in total. The largest absolute Gasteiger partial charge is 0.207 e. The summed E-state index contributed by atoms with van der Waals surface area (Å²) in [6, 6.07) is 4.85. The van der Waals surface area contributed by atoms with Crippen molar-refractivity contribution in [3.8, 4) is 0 Å². The van der Waals surface area contributed by atoms with Crippen LogP contribution in [0.5, 0.6) is 0 Å². The summed E-state index contributed by atoms with van der Waals surface area (Å²) in [5.74, 6) is 0.0686. The van der Waals surface area contributed by atoms with Crippen LogP contribution in [0.1, 0.15) is 31.7 Å². The lowest BCUT2D eigenvalue weighted by atomic mass is 9.98. The van der Waals surface area contributed by atoms with Gasteiger partial charge < -0.3 is 0 Å². The molecule has 0 heterocycles. The fourth-order valence-electron chi connectivity index (χ4n) is 1.12. The Hall–Kier alpha value is -0.560. The molecule has 1 atom stereocenters. The van der Waals surface area contributed by atoms with E-state index in [4.69, 9.17) is 11.6 Å². The summed E-state index contributed by atoms with van der Waals surface area (Å²) in [6.45, 7) is 4.05. The van der Waals surface area contributed by atoms with Crippen LogP contribution < -0.4 is 0 Å². The van der Waals surface area contributed by atoms with Gasteiger partial charge in [0.15, 0.2) is 0 Å². The Kier molecular flexibility index (Phi) is 3.10. The van der Waals surface area contributed by atoms with Crippen LogP contribution in [-0.4, -0.2) is 0 Å².